The second-order valence-corrected chi connectivity index (χ2v) is 11.3. The van der Waals surface area contributed by atoms with Gasteiger partial charge in [0.05, 0.1) is 30.3 Å². The van der Waals surface area contributed by atoms with Crippen molar-refractivity contribution >= 4 is 17.6 Å². The van der Waals surface area contributed by atoms with Crippen LogP contribution >= 0.6 is 0 Å². The molecule has 0 aliphatic carbocycles. The molecule has 10 nitrogen and oxygen atoms in total. The Balaban J connectivity index is 1.19. The van der Waals surface area contributed by atoms with Crippen molar-refractivity contribution in [2.75, 3.05) is 36.8 Å². The van der Waals surface area contributed by atoms with E-state index in [1.54, 1.807) is 12.4 Å². The summed E-state index contributed by atoms with van der Waals surface area (Å²) in [5.41, 5.74) is 6.20. The number of hydrogen-bond donors (Lipinski definition) is 3. The number of unbranched alkanes of at least 4 members (excludes halogenated alkanes) is 1. The summed E-state index contributed by atoms with van der Waals surface area (Å²) < 4.78 is 2.03. The first-order chi connectivity index (χ1) is 20.9. The van der Waals surface area contributed by atoms with Crippen LogP contribution in [0.2, 0.25) is 0 Å². The maximum Gasteiger partial charge on any atom is 0.326 e. The standard InChI is InChI=1S/C33H42N8O2/c1-24-21-25(2)41(39-24)20-19-40(17-7-6-12-28-14-13-27-11-8-16-35-32(27)36-28)18-15-29(33(42)43)37-31-23-34-22-30(38-31)26-9-4-3-5-10-26/h3-5,9-10,13-14,21-23,29H,6-8,11-12,15-20H2,1-2H3,(H,35,36)(H,37,38)(H,42,43)/t29-/m0/s1. The molecule has 0 fully saturated rings. The Morgan fingerprint density at radius 1 is 1.07 bits per heavy atom. The number of rotatable bonds is 15. The highest BCUT2D eigenvalue weighted by Crippen LogP contribution is 2.21. The zero-order valence-corrected chi connectivity index (χ0v) is 25.2. The number of aryl methyl sites for hydroxylation is 4. The summed E-state index contributed by atoms with van der Waals surface area (Å²) in [4.78, 5) is 28.4. The molecule has 3 N–H and O–H groups in total. The molecule has 0 unspecified atom stereocenters. The van der Waals surface area contributed by atoms with Crippen LogP contribution in [-0.2, 0) is 24.2 Å². The summed E-state index contributed by atoms with van der Waals surface area (Å²) in [5, 5.41) is 21.2. The molecule has 226 valence electrons. The van der Waals surface area contributed by atoms with Crippen LogP contribution in [0.5, 0.6) is 0 Å². The number of aliphatic carboxylic acids is 1. The average Bonchev–Trinajstić information content (AvgIpc) is 3.35. The van der Waals surface area contributed by atoms with E-state index < -0.39 is 12.0 Å². The number of hydrogen-bond acceptors (Lipinski definition) is 8. The number of anilines is 2. The average molecular weight is 583 g/mol. The number of nitrogens with zero attached hydrogens (tertiary/aromatic N) is 6. The van der Waals surface area contributed by atoms with Crippen molar-refractivity contribution in [3.05, 3.63) is 83.6 Å². The second kappa shape index (κ2) is 14.7. The van der Waals surface area contributed by atoms with Gasteiger partial charge in [0.1, 0.15) is 17.7 Å². The summed E-state index contributed by atoms with van der Waals surface area (Å²) >= 11 is 0. The predicted octanol–water partition coefficient (Wildman–Crippen LogP) is 4.99. The number of carboxylic acids is 1. The lowest BCUT2D eigenvalue weighted by Crippen LogP contribution is -2.37. The third kappa shape index (κ3) is 8.61. The van der Waals surface area contributed by atoms with Crippen molar-refractivity contribution in [1.29, 1.82) is 0 Å². The number of carboxylic acid groups (broad SMARTS) is 1. The maximum absolute atomic E-state index is 12.3. The van der Waals surface area contributed by atoms with Gasteiger partial charge < -0.3 is 20.6 Å². The first kappa shape index (κ1) is 30.2. The van der Waals surface area contributed by atoms with Gasteiger partial charge in [-0.3, -0.25) is 9.67 Å². The number of aromatic nitrogens is 5. The molecule has 4 aromatic rings. The second-order valence-electron chi connectivity index (χ2n) is 11.3. The van der Waals surface area contributed by atoms with Gasteiger partial charge in [0.15, 0.2) is 0 Å². The molecule has 1 atom stereocenters. The molecule has 1 aliphatic heterocycles. The fraction of sp³-hybridized carbons (Fsp3) is 0.424. The molecule has 1 aliphatic rings. The van der Waals surface area contributed by atoms with Crippen LogP contribution in [-0.4, -0.2) is 72.9 Å². The lowest BCUT2D eigenvalue weighted by molar-refractivity contribution is -0.138. The molecule has 43 heavy (non-hydrogen) atoms. The Morgan fingerprint density at radius 2 is 1.93 bits per heavy atom. The minimum Gasteiger partial charge on any atom is -0.480 e. The lowest BCUT2D eigenvalue weighted by Gasteiger charge is -2.25. The van der Waals surface area contributed by atoms with E-state index in [0.717, 1.165) is 86.7 Å². The number of benzene rings is 1. The van der Waals surface area contributed by atoms with E-state index in [-0.39, 0.29) is 0 Å². The Labute approximate surface area is 253 Å². The highest BCUT2D eigenvalue weighted by molar-refractivity contribution is 5.77. The van der Waals surface area contributed by atoms with Crippen molar-refractivity contribution in [2.24, 2.45) is 0 Å². The minimum absolute atomic E-state index is 0.432. The summed E-state index contributed by atoms with van der Waals surface area (Å²) in [7, 11) is 0. The number of fused-ring (bicyclic) bond motifs is 1. The first-order valence-electron chi connectivity index (χ1n) is 15.3. The quantitative estimate of drug-likeness (QED) is 0.166. The van der Waals surface area contributed by atoms with Gasteiger partial charge in [-0.2, -0.15) is 5.10 Å². The van der Waals surface area contributed by atoms with Crippen LogP contribution < -0.4 is 10.6 Å². The van der Waals surface area contributed by atoms with Crippen molar-refractivity contribution < 1.29 is 9.90 Å². The van der Waals surface area contributed by atoms with Crippen LogP contribution in [0.25, 0.3) is 11.3 Å². The molecule has 10 heteroatoms. The van der Waals surface area contributed by atoms with E-state index in [1.165, 1.54) is 5.56 Å². The highest BCUT2D eigenvalue weighted by Gasteiger charge is 2.20. The SMILES string of the molecule is Cc1cc(C)n(CCN(CCCCc2ccc3c(n2)NCCC3)CC[C@H](Nc2cncc(-c3ccccc3)n2)C(=O)O)n1. The van der Waals surface area contributed by atoms with Gasteiger partial charge in [-0.25, -0.2) is 14.8 Å². The third-order valence-corrected chi connectivity index (χ3v) is 7.90. The Morgan fingerprint density at radius 3 is 2.72 bits per heavy atom. The van der Waals surface area contributed by atoms with Gasteiger partial charge in [-0.15, -0.1) is 0 Å². The summed E-state index contributed by atoms with van der Waals surface area (Å²) in [6.07, 6.45) is 8.90. The largest absolute Gasteiger partial charge is 0.480 e. The third-order valence-electron chi connectivity index (χ3n) is 7.90. The van der Waals surface area contributed by atoms with Crippen LogP contribution in [0.3, 0.4) is 0 Å². The zero-order chi connectivity index (χ0) is 30.0. The van der Waals surface area contributed by atoms with Crippen LogP contribution in [0.15, 0.2) is 60.9 Å². The molecule has 0 spiro atoms. The van der Waals surface area contributed by atoms with Gasteiger partial charge in [0.2, 0.25) is 0 Å². The van der Waals surface area contributed by atoms with Gasteiger partial charge in [-0.1, -0.05) is 36.4 Å². The Hall–Kier alpha value is -4.31. The van der Waals surface area contributed by atoms with Crippen molar-refractivity contribution in [1.82, 2.24) is 29.6 Å². The van der Waals surface area contributed by atoms with Crippen LogP contribution in [0, 0.1) is 13.8 Å². The van der Waals surface area contributed by atoms with Gasteiger partial charge >= 0.3 is 5.97 Å². The molecular weight excluding hydrogens is 540 g/mol. The number of carbonyl (C=O) groups is 1. The molecule has 3 aromatic heterocycles. The molecule has 0 saturated heterocycles. The molecule has 4 heterocycles. The molecule has 0 radical (unpaired) electrons. The molecule has 0 amide bonds. The Kier molecular flexibility index (Phi) is 10.3. The van der Waals surface area contributed by atoms with Crippen LogP contribution in [0.4, 0.5) is 11.6 Å². The van der Waals surface area contributed by atoms with Crippen molar-refractivity contribution in [2.45, 2.75) is 65.0 Å². The fourth-order valence-electron chi connectivity index (χ4n) is 5.55. The lowest BCUT2D eigenvalue weighted by atomic mass is 10.1. The van der Waals surface area contributed by atoms with Gasteiger partial charge in [0.25, 0.3) is 0 Å². The monoisotopic (exact) mass is 582 g/mol. The topological polar surface area (TPSA) is 121 Å². The molecule has 1 aromatic carbocycles. The molecule has 5 rings (SSSR count). The maximum atomic E-state index is 12.3. The van der Waals surface area contributed by atoms with Gasteiger partial charge in [-0.05, 0) is 76.6 Å². The number of pyridine rings is 1. The fourth-order valence-corrected chi connectivity index (χ4v) is 5.55. The Bertz CT molecular complexity index is 1490. The predicted molar refractivity (Wildman–Crippen MR) is 169 cm³/mol. The van der Waals surface area contributed by atoms with E-state index in [2.05, 4.69) is 55.7 Å². The molecule has 0 saturated carbocycles. The minimum atomic E-state index is -0.905. The highest BCUT2D eigenvalue weighted by atomic mass is 16.4. The zero-order valence-electron chi connectivity index (χ0n) is 25.2. The van der Waals surface area contributed by atoms with E-state index in [9.17, 15) is 9.90 Å². The summed E-state index contributed by atoms with van der Waals surface area (Å²) in [5.74, 6) is 0.592. The van der Waals surface area contributed by atoms with Crippen LogP contribution in [0.1, 0.15) is 48.3 Å². The number of nitrogens with one attached hydrogen (secondary N) is 2. The van der Waals surface area contributed by atoms with E-state index >= 15 is 0 Å². The summed E-state index contributed by atoms with van der Waals surface area (Å²) in [6, 6.07) is 15.4. The van der Waals surface area contributed by atoms with E-state index in [4.69, 9.17) is 4.98 Å². The van der Waals surface area contributed by atoms with Crippen molar-refractivity contribution in [3.63, 3.8) is 0 Å². The molecular formula is C33H42N8O2. The normalized spacial score (nSPS) is 13.4. The smallest absolute Gasteiger partial charge is 0.326 e. The molecule has 0 bridgehead atoms. The first-order valence-corrected chi connectivity index (χ1v) is 15.3. The van der Waals surface area contributed by atoms with E-state index in [1.807, 2.05) is 41.9 Å². The summed E-state index contributed by atoms with van der Waals surface area (Å²) in [6.45, 7) is 8.12. The van der Waals surface area contributed by atoms with Crippen molar-refractivity contribution in [3.8, 4) is 11.3 Å². The van der Waals surface area contributed by atoms with E-state index in [0.29, 0.717) is 24.5 Å². The van der Waals surface area contributed by atoms with Gasteiger partial charge in [0, 0.05) is 36.6 Å².